The first-order valence-corrected chi connectivity index (χ1v) is 5.49. The van der Waals surface area contributed by atoms with Gasteiger partial charge in [0, 0.05) is 13.1 Å². The zero-order valence-corrected chi connectivity index (χ0v) is 10.2. The van der Waals surface area contributed by atoms with Crippen molar-refractivity contribution < 1.29 is 44.3 Å². The number of hydrogen-bond donors (Lipinski definition) is 0. The molecule has 2 nitrogen and oxygen atoms in total. The Morgan fingerprint density at radius 3 is 1.52 bits per heavy atom. The Morgan fingerprint density at radius 2 is 1.29 bits per heavy atom. The molecule has 0 aromatic rings. The first-order chi connectivity index (χ1) is 9.26. The van der Waals surface area contributed by atoms with Crippen molar-refractivity contribution in [3.8, 4) is 0 Å². The third kappa shape index (κ3) is 4.50. The molecule has 124 valence electrons. The zero-order valence-electron chi connectivity index (χ0n) is 10.2. The molecule has 0 radical (unpaired) electrons. The quantitative estimate of drug-likeness (QED) is 0.569. The molecule has 0 amide bonds. The Morgan fingerprint density at radius 1 is 0.905 bits per heavy atom. The molecule has 21 heavy (non-hydrogen) atoms. The summed E-state index contributed by atoms with van der Waals surface area (Å²) in [5.41, 5.74) is 0. The van der Waals surface area contributed by atoms with Crippen molar-refractivity contribution >= 4 is 0 Å². The summed E-state index contributed by atoms with van der Waals surface area (Å²) in [5, 5.41) is 0. The molecular formula is C10H10F9NO. The monoisotopic (exact) mass is 331 g/mol. The Hall–Kier alpha value is -0.970. The predicted octanol–water partition coefficient (Wildman–Crippen LogP) is 3.30. The van der Waals surface area contributed by atoms with Crippen LogP contribution < -0.4 is 0 Å². The van der Waals surface area contributed by atoms with Crippen molar-refractivity contribution in [3.63, 3.8) is 0 Å². The minimum atomic E-state index is -5.21. The lowest BCUT2D eigenvalue weighted by Gasteiger charge is -2.42. The maximum atomic E-state index is 12.6. The fourth-order valence-electron chi connectivity index (χ4n) is 1.86. The van der Waals surface area contributed by atoms with Gasteiger partial charge < -0.3 is 4.74 Å². The maximum absolute atomic E-state index is 12.6. The van der Waals surface area contributed by atoms with Gasteiger partial charge in [0.2, 0.25) is 0 Å². The van der Waals surface area contributed by atoms with Gasteiger partial charge in [0.05, 0.1) is 0 Å². The van der Waals surface area contributed by atoms with Crippen LogP contribution in [0, 0.1) is 0 Å². The van der Waals surface area contributed by atoms with E-state index in [1.165, 1.54) is 0 Å². The molecule has 3 atom stereocenters. The van der Waals surface area contributed by atoms with Crippen molar-refractivity contribution in [1.29, 1.82) is 0 Å². The minimum Gasteiger partial charge on any atom is -0.353 e. The minimum absolute atomic E-state index is 0.0206. The van der Waals surface area contributed by atoms with E-state index in [-0.39, 0.29) is 11.0 Å². The van der Waals surface area contributed by atoms with E-state index >= 15 is 0 Å². The smallest absolute Gasteiger partial charge is 0.353 e. The Kier molecular flexibility index (Phi) is 4.88. The van der Waals surface area contributed by atoms with Crippen LogP contribution in [-0.4, -0.2) is 54.8 Å². The van der Waals surface area contributed by atoms with Crippen LogP contribution >= 0.6 is 0 Å². The van der Waals surface area contributed by atoms with Crippen LogP contribution in [0.25, 0.3) is 0 Å². The van der Waals surface area contributed by atoms with Gasteiger partial charge in [0.25, 0.3) is 0 Å². The largest absolute Gasteiger partial charge is 0.415 e. The summed E-state index contributed by atoms with van der Waals surface area (Å²) >= 11 is 0. The number of rotatable bonds is 2. The van der Waals surface area contributed by atoms with E-state index in [0.717, 1.165) is 0 Å². The third-order valence-electron chi connectivity index (χ3n) is 2.81. The average molecular weight is 331 g/mol. The number of ether oxygens (including phenoxy) is 1. The highest BCUT2D eigenvalue weighted by atomic mass is 19.4. The highest BCUT2D eigenvalue weighted by Crippen LogP contribution is 2.36. The van der Waals surface area contributed by atoms with Gasteiger partial charge in [-0.25, -0.2) is 0 Å². The molecule has 3 unspecified atom stereocenters. The molecule has 0 bridgehead atoms. The van der Waals surface area contributed by atoms with Crippen molar-refractivity contribution in [1.82, 2.24) is 4.90 Å². The first-order valence-electron chi connectivity index (χ1n) is 5.49. The number of alkyl halides is 9. The number of hydrogen-bond acceptors (Lipinski definition) is 2. The van der Waals surface area contributed by atoms with Crippen LogP contribution in [0.2, 0.25) is 0 Å². The molecule has 11 heteroatoms. The van der Waals surface area contributed by atoms with Gasteiger partial charge in [-0.3, -0.25) is 4.90 Å². The van der Waals surface area contributed by atoms with E-state index in [1.54, 1.807) is 0 Å². The summed E-state index contributed by atoms with van der Waals surface area (Å²) in [7, 11) is 0. The van der Waals surface area contributed by atoms with E-state index in [0.29, 0.717) is 0 Å². The van der Waals surface area contributed by atoms with Crippen molar-refractivity contribution in [3.05, 3.63) is 12.7 Å². The number of morpholine rings is 1. The molecule has 1 aliphatic heterocycles. The molecule has 1 heterocycles. The fraction of sp³-hybridized carbons (Fsp3) is 0.800. The van der Waals surface area contributed by atoms with Crippen LogP contribution in [-0.2, 0) is 4.74 Å². The molecule has 1 fully saturated rings. The lowest BCUT2D eigenvalue weighted by Crippen LogP contribution is -2.61. The molecule has 0 N–H and O–H groups in total. The second-order valence-electron chi connectivity index (χ2n) is 4.37. The lowest BCUT2D eigenvalue weighted by atomic mass is 10.1. The van der Waals surface area contributed by atoms with Gasteiger partial charge in [0.15, 0.2) is 12.2 Å². The Bertz CT molecular complexity index is 350. The van der Waals surface area contributed by atoms with Crippen LogP contribution in [0.3, 0.4) is 0 Å². The maximum Gasteiger partial charge on any atom is 0.415 e. The highest BCUT2D eigenvalue weighted by Gasteiger charge is 2.55. The molecule has 0 spiro atoms. The van der Waals surface area contributed by atoms with Crippen molar-refractivity contribution in [2.24, 2.45) is 0 Å². The van der Waals surface area contributed by atoms with E-state index in [9.17, 15) is 39.5 Å². The van der Waals surface area contributed by atoms with Crippen LogP contribution in [0.15, 0.2) is 12.7 Å². The molecule has 0 aliphatic carbocycles. The second kappa shape index (κ2) is 5.67. The molecular weight excluding hydrogens is 321 g/mol. The van der Waals surface area contributed by atoms with Gasteiger partial charge >= 0.3 is 18.5 Å². The molecule has 0 aromatic carbocycles. The SMILES string of the molecule is C=CC(N1CC(C(F)(F)F)OC(C(F)(F)F)C1)C(F)(F)F. The van der Waals surface area contributed by atoms with Gasteiger partial charge in [-0.15, -0.1) is 6.58 Å². The fourth-order valence-corrected chi connectivity index (χ4v) is 1.86. The zero-order chi connectivity index (χ0) is 16.6. The average Bonchev–Trinajstić information content (AvgIpc) is 2.25. The normalized spacial score (nSPS) is 27.5. The van der Waals surface area contributed by atoms with Gasteiger partial charge in [-0.05, 0) is 0 Å². The van der Waals surface area contributed by atoms with Crippen molar-refractivity contribution in [2.75, 3.05) is 13.1 Å². The lowest BCUT2D eigenvalue weighted by molar-refractivity contribution is -0.315. The number of halogens is 9. The highest BCUT2D eigenvalue weighted by molar-refractivity contribution is 4.98. The Balaban J connectivity index is 3.06. The van der Waals surface area contributed by atoms with E-state index < -0.39 is 49.9 Å². The van der Waals surface area contributed by atoms with Crippen LogP contribution in [0.4, 0.5) is 39.5 Å². The number of nitrogens with zero attached hydrogens (tertiary/aromatic N) is 1. The van der Waals surface area contributed by atoms with E-state index in [4.69, 9.17) is 0 Å². The standard InChI is InChI=1S/C10H10F9NO/c1-2-5(8(11,12)13)20-3-6(9(14,15)16)21-7(4-20)10(17,18)19/h2,5-7H,1,3-4H2. The van der Waals surface area contributed by atoms with Crippen molar-refractivity contribution in [2.45, 2.75) is 36.8 Å². The molecule has 1 aliphatic rings. The predicted molar refractivity (Wildman–Crippen MR) is 52.4 cm³/mol. The topological polar surface area (TPSA) is 12.5 Å². The second-order valence-corrected chi connectivity index (χ2v) is 4.37. The molecule has 0 saturated carbocycles. The van der Waals surface area contributed by atoms with Gasteiger partial charge in [-0.1, -0.05) is 6.08 Å². The molecule has 1 saturated heterocycles. The third-order valence-corrected chi connectivity index (χ3v) is 2.81. The summed E-state index contributed by atoms with van der Waals surface area (Å²) in [4.78, 5) is 0.0206. The molecule has 1 rings (SSSR count). The van der Waals surface area contributed by atoms with E-state index in [2.05, 4.69) is 11.3 Å². The summed E-state index contributed by atoms with van der Waals surface area (Å²) in [6.45, 7) is 0.102. The first kappa shape index (κ1) is 18.1. The Labute approximate surface area is 113 Å². The summed E-state index contributed by atoms with van der Waals surface area (Å²) in [5.74, 6) is 0. The van der Waals surface area contributed by atoms with Gasteiger partial charge in [0.1, 0.15) is 6.04 Å². The van der Waals surface area contributed by atoms with Crippen LogP contribution in [0.1, 0.15) is 0 Å². The molecule has 0 aromatic heterocycles. The summed E-state index contributed by atoms with van der Waals surface area (Å²) in [6.07, 6.45) is -21.1. The van der Waals surface area contributed by atoms with Crippen LogP contribution in [0.5, 0.6) is 0 Å². The summed E-state index contributed by atoms with van der Waals surface area (Å²) in [6, 6.07) is -2.61. The summed E-state index contributed by atoms with van der Waals surface area (Å²) < 4.78 is 117. The van der Waals surface area contributed by atoms with Gasteiger partial charge in [-0.2, -0.15) is 39.5 Å². The van der Waals surface area contributed by atoms with E-state index in [1.807, 2.05) is 0 Å².